The molecule has 1 aromatic carbocycles. The zero-order valence-electron chi connectivity index (χ0n) is 12.6. The minimum absolute atomic E-state index is 0.0385. The first-order chi connectivity index (χ1) is 9.51. The van der Waals surface area contributed by atoms with Gasteiger partial charge in [-0.05, 0) is 24.6 Å². The van der Waals surface area contributed by atoms with Crippen LogP contribution in [-0.4, -0.2) is 40.5 Å². The SMILES string of the molecule is CCC(CC)CN(CC)CC(=O)c1ccc(O)cc1O. The predicted octanol–water partition coefficient (Wildman–Crippen LogP) is 3.04. The molecule has 112 valence electrons. The normalized spacial score (nSPS) is 11.2. The topological polar surface area (TPSA) is 60.8 Å². The highest BCUT2D eigenvalue weighted by Gasteiger charge is 2.17. The van der Waals surface area contributed by atoms with Crippen LogP contribution < -0.4 is 0 Å². The summed E-state index contributed by atoms with van der Waals surface area (Å²) < 4.78 is 0. The lowest BCUT2D eigenvalue weighted by molar-refractivity contribution is 0.0918. The van der Waals surface area contributed by atoms with E-state index in [2.05, 4.69) is 18.7 Å². The molecule has 0 aromatic heterocycles. The minimum atomic E-state index is -0.159. The molecule has 0 aliphatic carbocycles. The molecule has 0 radical (unpaired) electrons. The Labute approximate surface area is 121 Å². The summed E-state index contributed by atoms with van der Waals surface area (Å²) in [5, 5.41) is 19.0. The van der Waals surface area contributed by atoms with Crippen molar-refractivity contribution in [2.24, 2.45) is 5.92 Å². The van der Waals surface area contributed by atoms with Gasteiger partial charge in [-0.3, -0.25) is 9.69 Å². The smallest absolute Gasteiger partial charge is 0.180 e. The molecule has 0 saturated carbocycles. The lowest BCUT2D eigenvalue weighted by Crippen LogP contribution is -2.34. The number of benzene rings is 1. The molecule has 4 heteroatoms. The number of aromatic hydroxyl groups is 2. The Kier molecular flexibility index (Phi) is 6.52. The van der Waals surface area contributed by atoms with Crippen molar-refractivity contribution in [1.29, 1.82) is 0 Å². The summed E-state index contributed by atoms with van der Waals surface area (Å²) in [6.45, 7) is 8.36. The van der Waals surface area contributed by atoms with Gasteiger partial charge >= 0.3 is 0 Å². The number of hydrogen-bond acceptors (Lipinski definition) is 4. The van der Waals surface area contributed by atoms with Gasteiger partial charge in [0.15, 0.2) is 5.78 Å². The fraction of sp³-hybridized carbons (Fsp3) is 0.562. The number of rotatable bonds is 8. The van der Waals surface area contributed by atoms with Crippen molar-refractivity contribution in [3.05, 3.63) is 23.8 Å². The average Bonchev–Trinajstić information content (AvgIpc) is 2.43. The summed E-state index contributed by atoms with van der Waals surface area (Å²) >= 11 is 0. The number of phenolic OH excluding ortho intramolecular Hbond substituents is 2. The molecule has 1 rings (SSSR count). The molecule has 0 amide bonds. The van der Waals surface area contributed by atoms with Crippen molar-refractivity contribution in [2.75, 3.05) is 19.6 Å². The Bertz CT molecular complexity index is 441. The molecule has 0 spiro atoms. The van der Waals surface area contributed by atoms with E-state index in [1.807, 2.05) is 6.92 Å². The van der Waals surface area contributed by atoms with Crippen LogP contribution in [-0.2, 0) is 0 Å². The molecule has 0 aliphatic heterocycles. The third-order valence-electron chi connectivity index (χ3n) is 3.77. The fourth-order valence-electron chi connectivity index (χ4n) is 2.26. The van der Waals surface area contributed by atoms with E-state index in [9.17, 15) is 15.0 Å². The Hall–Kier alpha value is -1.55. The average molecular weight is 279 g/mol. The standard InChI is InChI=1S/C16H25NO3/c1-4-12(5-2)10-17(6-3)11-16(20)14-8-7-13(18)9-15(14)19/h7-9,12,18-19H,4-6,10-11H2,1-3H3. The predicted molar refractivity (Wildman–Crippen MR) is 80.3 cm³/mol. The first-order valence-corrected chi connectivity index (χ1v) is 7.29. The number of hydrogen-bond donors (Lipinski definition) is 2. The third kappa shape index (κ3) is 4.53. The van der Waals surface area contributed by atoms with Crippen LogP contribution in [0.5, 0.6) is 11.5 Å². The van der Waals surface area contributed by atoms with E-state index in [1.165, 1.54) is 18.2 Å². The van der Waals surface area contributed by atoms with Gasteiger partial charge in [-0.25, -0.2) is 0 Å². The molecule has 0 heterocycles. The van der Waals surface area contributed by atoms with Crippen molar-refractivity contribution in [3.8, 4) is 11.5 Å². The molecular formula is C16H25NO3. The monoisotopic (exact) mass is 279 g/mol. The van der Waals surface area contributed by atoms with Crippen molar-refractivity contribution >= 4 is 5.78 Å². The number of ketones is 1. The van der Waals surface area contributed by atoms with E-state index in [0.717, 1.165) is 25.9 Å². The van der Waals surface area contributed by atoms with E-state index in [0.29, 0.717) is 12.5 Å². The first-order valence-electron chi connectivity index (χ1n) is 7.29. The van der Waals surface area contributed by atoms with Crippen LogP contribution in [0.3, 0.4) is 0 Å². The van der Waals surface area contributed by atoms with Gasteiger partial charge in [0.05, 0.1) is 12.1 Å². The second-order valence-electron chi connectivity index (χ2n) is 5.13. The number of Topliss-reactive ketones (excluding diaryl/α,β-unsaturated/α-hetero) is 1. The Morgan fingerprint density at radius 1 is 1.20 bits per heavy atom. The summed E-state index contributed by atoms with van der Waals surface area (Å²) in [6, 6.07) is 4.09. The maximum atomic E-state index is 12.2. The molecule has 4 nitrogen and oxygen atoms in total. The van der Waals surface area contributed by atoms with Gasteiger partial charge in [0, 0.05) is 12.6 Å². The van der Waals surface area contributed by atoms with Crippen molar-refractivity contribution in [3.63, 3.8) is 0 Å². The van der Waals surface area contributed by atoms with E-state index in [1.54, 1.807) is 0 Å². The second-order valence-corrected chi connectivity index (χ2v) is 5.13. The lowest BCUT2D eigenvalue weighted by atomic mass is 10.0. The van der Waals surface area contributed by atoms with Gasteiger partial charge in [-0.15, -0.1) is 0 Å². The Balaban J connectivity index is 2.71. The minimum Gasteiger partial charge on any atom is -0.508 e. The summed E-state index contributed by atoms with van der Waals surface area (Å²) in [7, 11) is 0. The summed E-state index contributed by atoms with van der Waals surface area (Å²) in [5.74, 6) is 0.281. The molecule has 20 heavy (non-hydrogen) atoms. The van der Waals surface area contributed by atoms with Gasteiger partial charge in [-0.1, -0.05) is 33.6 Å². The zero-order valence-corrected chi connectivity index (χ0v) is 12.6. The number of nitrogens with zero attached hydrogens (tertiary/aromatic N) is 1. The highest BCUT2D eigenvalue weighted by atomic mass is 16.3. The van der Waals surface area contributed by atoms with E-state index in [-0.39, 0.29) is 22.8 Å². The van der Waals surface area contributed by atoms with Crippen LogP contribution in [0.4, 0.5) is 0 Å². The lowest BCUT2D eigenvalue weighted by Gasteiger charge is -2.24. The van der Waals surface area contributed by atoms with Crippen molar-refractivity contribution in [1.82, 2.24) is 4.90 Å². The summed E-state index contributed by atoms with van der Waals surface area (Å²) in [4.78, 5) is 14.3. The molecule has 2 N–H and O–H groups in total. The quantitative estimate of drug-likeness (QED) is 0.718. The maximum Gasteiger partial charge on any atom is 0.180 e. The third-order valence-corrected chi connectivity index (χ3v) is 3.77. The molecule has 0 unspecified atom stereocenters. The van der Waals surface area contributed by atoms with Gasteiger partial charge in [-0.2, -0.15) is 0 Å². The van der Waals surface area contributed by atoms with E-state index < -0.39 is 0 Å². The Morgan fingerprint density at radius 2 is 1.85 bits per heavy atom. The highest BCUT2D eigenvalue weighted by molar-refractivity contribution is 6.00. The number of carbonyl (C=O) groups is 1. The fourth-order valence-corrected chi connectivity index (χ4v) is 2.26. The first kappa shape index (κ1) is 16.5. The van der Waals surface area contributed by atoms with Gasteiger partial charge in [0.25, 0.3) is 0 Å². The van der Waals surface area contributed by atoms with Crippen LogP contribution in [0.25, 0.3) is 0 Å². The molecule has 1 aromatic rings. The van der Waals surface area contributed by atoms with E-state index in [4.69, 9.17) is 0 Å². The van der Waals surface area contributed by atoms with Gasteiger partial charge in [0.2, 0.25) is 0 Å². The molecule has 0 saturated heterocycles. The van der Waals surface area contributed by atoms with Gasteiger partial charge < -0.3 is 10.2 Å². The second kappa shape index (κ2) is 7.90. The molecule has 0 fully saturated rings. The van der Waals surface area contributed by atoms with Crippen LogP contribution >= 0.6 is 0 Å². The zero-order chi connectivity index (χ0) is 15.1. The van der Waals surface area contributed by atoms with Crippen LogP contribution in [0.1, 0.15) is 44.0 Å². The molecule has 0 atom stereocenters. The number of carbonyl (C=O) groups excluding carboxylic acids is 1. The van der Waals surface area contributed by atoms with Crippen LogP contribution in [0.2, 0.25) is 0 Å². The van der Waals surface area contributed by atoms with Crippen molar-refractivity contribution in [2.45, 2.75) is 33.6 Å². The molecular weight excluding hydrogens is 254 g/mol. The molecule has 0 aliphatic rings. The van der Waals surface area contributed by atoms with Gasteiger partial charge in [0.1, 0.15) is 11.5 Å². The van der Waals surface area contributed by atoms with Crippen molar-refractivity contribution < 1.29 is 15.0 Å². The largest absolute Gasteiger partial charge is 0.508 e. The van der Waals surface area contributed by atoms with E-state index >= 15 is 0 Å². The highest BCUT2D eigenvalue weighted by Crippen LogP contribution is 2.23. The summed E-state index contributed by atoms with van der Waals surface area (Å²) in [5.41, 5.74) is 0.269. The molecule has 0 bridgehead atoms. The Morgan fingerprint density at radius 3 is 2.35 bits per heavy atom. The van der Waals surface area contributed by atoms with Crippen LogP contribution in [0.15, 0.2) is 18.2 Å². The maximum absolute atomic E-state index is 12.2. The number of phenols is 2. The summed E-state index contributed by atoms with van der Waals surface area (Å²) in [6.07, 6.45) is 2.21. The van der Waals surface area contributed by atoms with Crippen LogP contribution in [0, 0.1) is 5.92 Å². The number of likely N-dealkylation sites (N-methyl/N-ethyl adjacent to an activating group) is 1.